The number of carbonyl (C=O) groups is 3. The van der Waals surface area contributed by atoms with Crippen LogP contribution in [0.15, 0.2) is 36.9 Å². The molecule has 3 rings (SSSR count). The molecule has 2 aliphatic rings. The van der Waals surface area contributed by atoms with Gasteiger partial charge < -0.3 is 4.79 Å². The Morgan fingerprint density at radius 3 is 2.39 bits per heavy atom. The predicted molar refractivity (Wildman–Crippen MR) is 85.3 cm³/mol. The summed E-state index contributed by atoms with van der Waals surface area (Å²) in [5.41, 5.74) is 2.18. The van der Waals surface area contributed by atoms with Crippen LogP contribution in [-0.2, 0) is 20.9 Å². The van der Waals surface area contributed by atoms with E-state index >= 15 is 0 Å². The van der Waals surface area contributed by atoms with E-state index in [2.05, 4.69) is 6.58 Å². The average Bonchev–Trinajstić information content (AvgIpc) is 2.95. The fourth-order valence-electron chi connectivity index (χ4n) is 3.87. The van der Waals surface area contributed by atoms with Gasteiger partial charge in [0.2, 0.25) is 11.8 Å². The standard InChI is InChI=1S/C18H20N2O3/c1-4-13-15-16(18(23)19(3)17(15)22)14(10-21)20(13)9-12-7-5-6-11(2)8-12/h4-8,10,13-16H,1,9H2,2-3H3/t13-,14+,15-,16+/m0/s1. The molecular formula is C18H20N2O3. The minimum Gasteiger partial charge on any atom is -0.302 e. The number of imide groups is 1. The summed E-state index contributed by atoms with van der Waals surface area (Å²) >= 11 is 0. The SMILES string of the molecule is C=C[C@H]1[C@@H]2C(=O)N(C)C(=O)[C@@H]2[C@@H](C=O)N1Cc1cccc(C)c1. The lowest BCUT2D eigenvalue weighted by molar-refractivity contribution is -0.140. The van der Waals surface area contributed by atoms with E-state index in [1.165, 1.54) is 7.05 Å². The largest absolute Gasteiger partial charge is 0.302 e. The van der Waals surface area contributed by atoms with Crippen molar-refractivity contribution in [1.82, 2.24) is 9.80 Å². The first-order valence-electron chi connectivity index (χ1n) is 7.70. The summed E-state index contributed by atoms with van der Waals surface area (Å²) < 4.78 is 0. The molecule has 0 bridgehead atoms. The molecule has 0 spiro atoms. The molecule has 0 aliphatic carbocycles. The predicted octanol–water partition coefficient (Wildman–Crippen LogP) is 1.16. The minimum atomic E-state index is -0.599. The van der Waals surface area contributed by atoms with Gasteiger partial charge in [-0.2, -0.15) is 0 Å². The summed E-state index contributed by atoms with van der Waals surface area (Å²) in [6.45, 7) is 6.35. The van der Waals surface area contributed by atoms with Crippen LogP contribution >= 0.6 is 0 Å². The van der Waals surface area contributed by atoms with Crippen LogP contribution in [0.5, 0.6) is 0 Å². The lowest BCUT2D eigenvalue weighted by Crippen LogP contribution is -2.43. The van der Waals surface area contributed by atoms with Crippen LogP contribution in [0.3, 0.4) is 0 Å². The molecule has 0 aromatic heterocycles. The van der Waals surface area contributed by atoms with Crippen LogP contribution < -0.4 is 0 Å². The van der Waals surface area contributed by atoms with Crippen LogP contribution in [0.25, 0.3) is 0 Å². The van der Waals surface area contributed by atoms with Crippen molar-refractivity contribution < 1.29 is 14.4 Å². The maximum absolute atomic E-state index is 12.4. The van der Waals surface area contributed by atoms with Crippen molar-refractivity contribution in [3.05, 3.63) is 48.0 Å². The van der Waals surface area contributed by atoms with Gasteiger partial charge in [-0.3, -0.25) is 19.4 Å². The molecule has 0 saturated carbocycles. The van der Waals surface area contributed by atoms with E-state index in [-0.39, 0.29) is 17.9 Å². The van der Waals surface area contributed by atoms with E-state index in [9.17, 15) is 14.4 Å². The third-order valence-electron chi connectivity index (χ3n) is 4.95. The molecule has 1 aromatic rings. The van der Waals surface area contributed by atoms with Gasteiger partial charge in [0.1, 0.15) is 6.29 Å². The lowest BCUT2D eigenvalue weighted by Gasteiger charge is -2.28. The van der Waals surface area contributed by atoms with Crippen molar-refractivity contribution in [1.29, 1.82) is 0 Å². The molecule has 2 heterocycles. The van der Waals surface area contributed by atoms with Gasteiger partial charge in [-0.1, -0.05) is 35.9 Å². The summed E-state index contributed by atoms with van der Waals surface area (Å²) in [7, 11) is 1.48. The number of aldehydes is 1. The van der Waals surface area contributed by atoms with Crippen molar-refractivity contribution in [3.63, 3.8) is 0 Å². The number of likely N-dealkylation sites (tertiary alicyclic amines) is 2. The molecule has 0 N–H and O–H groups in total. The number of benzene rings is 1. The van der Waals surface area contributed by atoms with Gasteiger partial charge in [0, 0.05) is 19.6 Å². The van der Waals surface area contributed by atoms with Gasteiger partial charge in [-0.15, -0.1) is 6.58 Å². The molecule has 5 heteroatoms. The van der Waals surface area contributed by atoms with Crippen LogP contribution in [0.1, 0.15) is 11.1 Å². The molecule has 1 aromatic carbocycles. The normalized spacial score (nSPS) is 30.6. The van der Waals surface area contributed by atoms with Gasteiger partial charge in [0.15, 0.2) is 0 Å². The second-order valence-corrected chi connectivity index (χ2v) is 6.30. The number of amides is 2. The molecule has 5 nitrogen and oxygen atoms in total. The zero-order valence-corrected chi connectivity index (χ0v) is 13.3. The molecular weight excluding hydrogens is 292 g/mol. The fraction of sp³-hybridized carbons (Fsp3) is 0.389. The van der Waals surface area contributed by atoms with E-state index in [0.29, 0.717) is 6.54 Å². The molecule has 0 unspecified atom stereocenters. The molecule has 2 saturated heterocycles. The Kier molecular flexibility index (Phi) is 3.90. The highest BCUT2D eigenvalue weighted by atomic mass is 16.2. The van der Waals surface area contributed by atoms with Crippen LogP contribution in [0, 0.1) is 18.8 Å². The molecule has 23 heavy (non-hydrogen) atoms. The Morgan fingerprint density at radius 2 is 1.83 bits per heavy atom. The monoisotopic (exact) mass is 312 g/mol. The number of aryl methyl sites for hydroxylation is 1. The molecule has 4 atom stereocenters. The van der Waals surface area contributed by atoms with Crippen molar-refractivity contribution in [2.45, 2.75) is 25.6 Å². The topological polar surface area (TPSA) is 57.7 Å². The number of hydrogen-bond acceptors (Lipinski definition) is 4. The highest BCUT2D eigenvalue weighted by Crippen LogP contribution is 2.42. The summed E-state index contributed by atoms with van der Waals surface area (Å²) in [5.74, 6) is -1.60. The Hall–Kier alpha value is -2.27. The first-order valence-corrected chi connectivity index (χ1v) is 7.70. The van der Waals surface area contributed by atoms with Crippen molar-refractivity contribution in [2.75, 3.05) is 7.05 Å². The molecule has 2 amide bonds. The smallest absolute Gasteiger partial charge is 0.234 e. The molecule has 0 radical (unpaired) electrons. The second kappa shape index (κ2) is 5.74. The first kappa shape index (κ1) is 15.6. The maximum Gasteiger partial charge on any atom is 0.234 e. The number of rotatable bonds is 4. The van der Waals surface area contributed by atoms with E-state index in [1.54, 1.807) is 6.08 Å². The van der Waals surface area contributed by atoms with E-state index in [1.807, 2.05) is 36.1 Å². The minimum absolute atomic E-state index is 0.219. The Morgan fingerprint density at radius 1 is 1.17 bits per heavy atom. The van der Waals surface area contributed by atoms with E-state index < -0.39 is 17.9 Å². The van der Waals surface area contributed by atoms with Crippen LogP contribution in [0.2, 0.25) is 0 Å². The zero-order chi connectivity index (χ0) is 16.7. The number of carbonyl (C=O) groups excluding carboxylic acids is 3. The highest BCUT2D eigenvalue weighted by Gasteiger charge is 2.60. The maximum atomic E-state index is 12.4. The van der Waals surface area contributed by atoms with E-state index in [4.69, 9.17) is 0 Å². The zero-order valence-electron chi connectivity index (χ0n) is 13.3. The highest BCUT2D eigenvalue weighted by molar-refractivity contribution is 6.07. The Balaban J connectivity index is 1.97. The number of nitrogens with zero attached hydrogens (tertiary/aromatic N) is 2. The van der Waals surface area contributed by atoms with Gasteiger partial charge in [0.05, 0.1) is 17.9 Å². The average molecular weight is 312 g/mol. The van der Waals surface area contributed by atoms with Crippen molar-refractivity contribution in [2.24, 2.45) is 11.8 Å². The van der Waals surface area contributed by atoms with Crippen molar-refractivity contribution in [3.8, 4) is 0 Å². The summed E-state index contributed by atoms with van der Waals surface area (Å²) in [5, 5.41) is 0. The van der Waals surface area contributed by atoms with Gasteiger partial charge in [-0.05, 0) is 12.5 Å². The second-order valence-electron chi connectivity index (χ2n) is 6.30. The third kappa shape index (κ3) is 2.32. The van der Waals surface area contributed by atoms with Gasteiger partial charge >= 0.3 is 0 Å². The summed E-state index contributed by atoms with van der Waals surface area (Å²) in [4.78, 5) is 39.5. The Labute approximate surface area is 135 Å². The summed E-state index contributed by atoms with van der Waals surface area (Å²) in [6, 6.07) is 7.10. The van der Waals surface area contributed by atoms with Crippen LogP contribution in [0.4, 0.5) is 0 Å². The number of hydrogen-bond donors (Lipinski definition) is 0. The fourth-order valence-corrected chi connectivity index (χ4v) is 3.87. The first-order chi connectivity index (χ1) is 11.0. The molecule has 2 aliphatic heterocycles. The van der Waals surface area contributed by atoms with E-state index in [0.717, 1.165) is 22.3 Å². The third-order valence-corrected chi connectivity index (χ3v) is 4.95. The summed E-state index contributed by atoms with van der Waals surface area (Å²) in [6.07, 6.45) is 2.47. The Bertz CT molecular complexity index is 651. The molecule has 2 fully saturated rings. The van der Waals surface area contributed by atoms with Gasteiger partial charge in [-0.25, -0.2) is 0 Å². The quantitative estimate of drug-likeness (QED) is 0.476. The number of fused-ring (bicyclic) bond motifs is 1. The lowest BCUT2D eigenvalue weighted by atomic mass is 9.90. The van der Waals surface area contributed by atoms with Crippen LogP contribution in [-0.4, -0.2) is 47.0 Å². The molecule has 120 valence electrons. The van der Waals surface area contributed by atoms with Crippen molar-refractivity contribution >= 4 is 18.1 Å². The van der Waals surface area contributed by atoms with Gasteiger partial charge in [0.25, 0.3) is 0 Å².